The molecule has 2 aromatic heterocycles. The van der Waals surface area contributed by atoms with Gasteiger partial charge in [-0.15, -0.1) is 0 Å². The van der Waals surface area contributed by atoms with E-state index in [1.165, 1.54) is 0 Å². The van der Waals surface area contributed by atoms with Gasteiger partial charge in [0.1, 0.15) is 11.0 Å². The molecule has 1 aliphatic carbocycles. The monoisotopic (exact) mass is 281 g/mol. The summed E-state index contributed by atoms with van der Waals surface area (Å²) in [5.41, 5.74) is 2.82. The first-order valence-electron chi connectivity index (χ1n) is 6.70. The summed E-state index contributed by atoms with van der Waals surface area (Å²) in [5.74, 6) is 1.34. The fraction of sp³-hybridized carbons (Fsp3) is 0.188. The molecular weight excluding hydrogens is 270 g/mol. The maximum atomic E-state index is 6.15. The third-order valence-corrected chi connectivity index (χ3v) is 3.76. The Kier molecular flexibility index (Phi) is 2.67. The molecule has 0 bridgehead atoms. The van der Waals surface area contributed by atoms with Gasteiger partial charge in [0, 0.05) is 29.1 Å². The Morgan fingerprint density at radius 3 is 2.75 bits per heavy atom. The Labute approximate surface area is 121 Å². The van der Waals surface area contributed by atoms with E-state index in [2.05, 4.69) is 27.1 Å². The van der Waals surface area contributed by atoms with Crippen LogP contribution >= 0.6 is 11.6 Å². The Balaban J connectivity index is 1.94. The second kappa shape index (κ2) is 4.53. The molecule has 98 valence electrons. The minimum atomic E-state index is 0.482. The number of pyridine rings is 1. The highest BCUT2D eigenvalue weighted by atomic mass is 35.5. The number of aromatic nitrogens is 3. The van der Waals surface area contributed by atoms with Gasteiger partial charge in [0.15, 0.2) is 0 Å². The fourth-order valence-corrected chi connectivity index (χ4v) is 2.60. The lowest BCUT2D eigenvalue weighted by atomic mass is 10.1. The zero-order chi connectivity index (χ0) is 13.5. The molecule has 0 aliphatic heterocycles. The summed E-state index contributed by atoms with van der Waals surface area (Å²) < 4.78 is 0. The van der Waals surface area contributed by atoms with Gasteiger partial charge in [0.05, 0.1) is 11.2 Å². The minimum Gasteiger partial charge on any atom is -0.256 e. The zero-order valence-corrected chi connectivity index (χ0v) is 11.5. The largest absolute Gasteiger partial charge is 0.256 e. The molecule has 1 saturated carbocycles. The van der Waals surface area contributed by atoms with E-state index in [1.54, 1.807) is 6.20 Å². The Morgan fingerprint density at radius 2 is 1.90 bits per heavy atom. The lowest BCUT2D eigenvalue weighted by Gasteiger charge is -2.07. The molecule has 0 radical (unpaired) electrons. The Hall–Kier alpha value is -2.00. The third kappa shape index (κ3) is 2.04. The highest BCUT2D eigenvalue weighted by Gasteiger charge is 2.27. The van der Waals surface area contributed by atoms with Crippen molar-refractivity contribution in [2.24, 2.45) is 0 Å². The molecule has 4 rings (SSSR count). The zero-order valence-electron chi connectivity index (χ0n) is 10.8. The molecule has 4 heteroatoms. The second-order valence-electron chi connectivity index (χ2n) is 5.09. The van der Waals surface area contributed by atoms with E-state index in [9.17, 15) is 0 Å². The number of rotatable bonds is 2. The van der Waals surface area contributed by atoms with Crippen LogP contribution in [0.3, 0.4) is 0 Å². The standard InChI is InChI=1S/C16H12ClN3/c17-14-9-13(19-16(20-14)11-6-7-11)12-5-1-3-10-4-2-8-18-15(10)12/h1-5,8-9,11H,6-7H2. The first-order valence-corrected chi connectivity index (χ1v) is 7.08. The predicted molar refractivity (Wildman–Crippen MR) is 79.8 cm³/mol. The molecule has 0 unspecified atom stereocenters. The highest BCUT2D eigenvalue weighted by molar-refractivity contribution is 6.29. The van der Waals surface area contributed by atoms with Gasteiger partial charge in [-0.1, -0.05) is 35.9 Å². The van der Waals surface area contributed by atoms with Crippen LogP contribution in [0.1, 0.15) is 24.6 Å². The normalized spacial score (nSPS) is 14.7. The van der Waals surface area contributed by atoms with Crippen LogP contribution in [-0.2, 0) is 0 Å². The predicted octanol–water partition coefficient (Wildman–Crippen LogP) is 4.22. The van der Waals surface area contributed by atoms with E-state index < -0.39 is 0 Å². The van der Waals surface area contributed by atoms with Crippen molar-refractivity contribution in [3.63, 3.8) is 0 Å². The summed E-state index contributed by atoms with van der Waals surface area (Å²) in [5, 5.41) is 1.61. The first kappa shape index (κ1) is 11.8. The van der Waals surface area contributed by atoms with Crippen molar-refractivity contribution in [3.05, 3.63) is 53.6 Å². The summed E-state index contributed by atoms with van der Waals surface area (Å²) in [6.45, 7) is 0. The van der Waals surface area contributed by atoms with Gasteiger partial charge in [-0.25, -0.2) is 9.97 Å². The van der Waals surface area contributed by atoms with Crippen molar-refractivity contribution in [2.75, 3.05) is 0 Å². The number of benzene rings is 1. The molecule has 2 heterocycles. The van der Waals surface area contributed by atoms with E-state index in [4.69, 9.17) is 11.6 Å². The molecule has 1 aliphatic rings. The molecule has 0 amide bonds. The lowest BCUT2D eigenvalue weighted by molar-refractivity contribution is 0.931. The SMILES string of the molecule is Clc1cc(-c2cccc3cccnc23)nc(C2CC2)n1. The number of fused-ring (bicyclic) bond motifs is 1. The average molecular weight is 282 g/mol. The molecule has 0 saturated heterocycles. The molecule has 3 nitrogen and oxygen atoms in total. The van der Waals surface area contributed by atoms with E-state index >= 15 is 0 Å². The van der Waals surface area contributed by atoms with Gasteiger partial charge in [-0.2, -0.15) is 0 Å². The molecule has 1 aromatic carbocycles. The van der Waals surface area contributed by atoms with Crippen LogP contribution in [0.15, 0.2) is 42.6 Å². The number of nitrogens with zero attached hydrogens (tertiary/aromatic N) is 3. The van der Waals surface area contributed by atoms with E-state index in [1.807, 2.05) is 24.3 Å². The second-order valence-corrected chi connectivity index (χ2v) is 5.48. The summed E-state index contributed by atoms with van der Waals surface area (Å²) in [4.78, 5) is 13.5. The number of para-hydroxylation sites is 1. The van der Waals surface area contributed by atoms with E-state index in [0.29, 0.717) is 11.1 Å². The molecule has 3 aromatic rings. The number of hydrogen-bond donors (Lipinski definition) is 0. The van der Waals surface area contributed by atoms with Gasteiger partial charge < -0.3 is 0 Å². The lowest BCUT2D eigenvalue weighted by Crippen LogP contribution is -1.96. The van der Waals surface area contributed by atoms with Crippen LogP contribution in [0.25, 0.3) is 22.2 Å². The summed E-state index contributed by atoms with van der Waals surface area (Å²) in [6.07, 6.45) is 4.12. The quantitative estimate of drug-likeness (QED) is 0.660. The molecule has 20 heavy (non-hydrogen) atoms. The van der Waals surface area contributed by atoms with Crippen LogP contribution in [0.2, 0.25) is 5.15 Å². The van der Waals surface area contributed by atoms with Crippen molar-refractivity contribution in [3.8, 4) is 11.3 Å². The van der Waals surface area contributed by atoms with Crippen LogP contribution in [-0.4, -0.2) is 15.0 Å². The molecule has 1 fully saturated rings. The van der Waals surface area contributed by atoms with Gasteiger partial charge in [-0.3, -0.25) is 4.98 Å². The molecule has 0 atom stereocenters. The van der Waals surface area contributed by atoms with Crippen LogP contribution < -0.4 is 0 Å². The smallest absolute Gasteiger partial charge is 0.133 e. The van der Waals surface area contributed by atoms with Gasteiger partial charge in [0.25, 0.3) is 0 Å². The highest BCUT2D eigenvalue weighted by Crippen LogP contribution is 2.39. The van der Waals surface area contributed by atoms with Gasteiger partial charge >= 0.3 is 0 Å². The summed E-state index contributed by atoms with van der Waals surface area (Å²) in [6, 6.07) is 11.9. The van der Waals surface area contributed by atoms with Crippen molar-refractivity contribution < 1.29 is 0 Å². The first-order chi connectivity index (χ1) is 9.81. The van der Waals surface area contributed by atoms with Crippen molar-refractivity contribution in [2.45, 2.75) is 18.8 Å². The van der Waals surface area contributed by atoms with Crippen LogP contribution in [0, 0.1) is 0 Å². The molecule has 0 N–H and O–H groups in total. The minimum absolute atomic E-state index is 0.482. The maximum Gasteiger partial charge on any atom is 0.133 e. The Morgan fingerprint density at radius 1 is 1.05 bits per heavy atom. The van der Waals surface area contributed by atoms with Gasteiger partial charge in [-0.05, 0) is 18.9 Å². The molecular formula is C16H12ClN3. The van der Waals surface area contributed by atoms with Gasteiger partial charge in [0.2, 0.25) is 0 Å². The average Bonchev–Trinajstić information content (AvgIpc) is 3.30. The topological polar surface area (TPSA) is 38.7 Å². The Bertz CT molecular complexity index is 791. The number of halogens is 1. The number of hydrogen-bond acceptors (Lipinski definition) is 3. The maximum absolute atomic E-state index is 6.15. The fourth-order valence-electron chi connectivity index (χ4n) is 2.41. The summed E-state index contributed by atoms with van der Waals surface area (Å²) in [7, 11) is 0. The van der Waals surface area contributed by atoms with Crippen LogP contribution in [0.5, 0.6) is 0 Å². The van der Waals surface area contributed by atoms with Crippen molar-refractivity contribution in [1.82, 2.24) is 15.0 Å². The third-order valence-electron chi connectivity index (χ3n) is 3.56. The van der Waals surface area contributed by atoms with Crippen molar-refractivity contribution in [1.29, 1.82) is 0 Å². The van der Waals surface area contributed by atoms with Crippen LogP contribution in [0.4, 0.5) is 0 Å². The van der Waals surface area contributed by atoms with E-state index in [-0.39, 0.29) is 0 Å². The summed E-state index contributed by atoms with van der Waals surface area (Å²) >= 11 is 6.15. The van der Waals surface area contributed by atoms with Crippen molar-refractivity contribution >= 4 is 22.5 Å². The molecule has 0 spiro atoms. The van der Waals surface area contributed by atoms with E-state index in [0.717, 1.165) is 40.8 Å².